The molecule has 1 aromatic carbocycles. The maximum Gasteiger partial charge on any atom is 0.147 e. The number of anilines is 3. The second-order valence-corrected chi connectivity index (χ2v) is 5.51. The van der Waals surface area contributed by atoms with Gasteiger partial charge in [0.25, 0.3) is 0 Å². The molecule has 0 spiro atoms. The van der Waals surface area contributed by atoms with Gasteiger partial charge in [0, 0.05) is 23.0 Å². The first-order valence-electron chi connectivity index (χ1n) is 6.88. The molecule has 0 aliphatic carbocycles. The van der Waals surface area contributed by atoms with Gasteiger partial charge >= 0.3 is 0 Å². The van der Waals surface area contributed by atoms with Gasteiger partial charge in [0.05, 0.1) is 5.69 Å². The molecule has 0 saturated carbocycles. The van der Waals surface area contributed by atoms with Crippen LogP contribution in [0, 0.1) is 12.7 Å². The van der Waals surface area contributed by atoms with E-state index in [1.807, 2.05) is 20.8 Å². The summed E-state index contributed by atoms with van der Waals surface area (Å²) in [6.07, 6.45) is 0.718. The fourth-order valence-corrected chi connectivity index (χ4v) is 2.23. The van der Waals surface area contributed by atoms with E-state index >= 15 is 0 Å². The molecule has 0 aliphatic heterocycles. The van der Waals surface area contributed by atoms with Crippen molar-refractivity contribution < 1.29 is 4.39 Å². The Kier molecular flexibility index (Phi) is 5.12. The first-order valence-corrected chi connectivity index (χ1v) is 7.67. The van der Waals surface area contributed by atoms with Crippen molar-refractivity contribution in [2.24, 2.45) is 0 Å². The minimum absolute atomic E-state index is 0.328. The summed E-state index contributed by atoms with van der Waals surface area (Å²) in [7, 11) is 0. The SMILES string of the molecule is CCNc1nc(CC)nc(Nc2ccc(Br)cc2F)c1C. The van der Waals surface area contributed by atoms with Gasteiger partial charge in [0.2, 0.25) is 0 Å². The number of benzene rings is 1. The lowest BCUT2D eigenvalue weighted by Gasteiger charge is -2.14. The van der Waals surface area contributed by atoms with Crippen LogP contribution in [0.4, 0.5) is 21.7 Å². The van der Waals surface area contributed by atoms with Crippen molar-refractivity contribution in [2.75, 3.05) is 17.2 Å². The van der Waals surface area contributed by atoms with E-state index < -0.39 is 0 Å². The Hall–Kier alpha value is -1.69. The van der Waals surface area contributed by atoms with Crippen molar-refractivity contribution in [1.29, 1.82) is 0 Å². The summed E-state index contributed by atoms with van der Waals surface area (Å²) < 4.78 is 14.6. The van der Waals surface area contributed by atoms with E-state index in [1.165, 1.54) is 6.07 Å². The van der Waals surface area contributed by atoms with Crippen LogP contribution in [0.2, 0.25) is 0 Å². The molecular weight excluding hydrogens is 335 g/mol. The topological polar surface area (TPSA) is 49.8 Å². The van der Waals surface area contributed by atoms with Gasteiger partial charge in [0.15, 0.2) is 0 Å². The lowest BCUT2D eigenvalue weighted by Crippen LogP contribution is -2.09. The highest BCUT2D eigenvalue weighted by Crippen LogP contribution is 2.26. The molecular formula is C15H18BrFN4. The van der Waals surface area contributed by atoms with Crippen molar-refractivity contribution in [3.8, 4) is 0 Å². The average Bonchev–Trinajstić information content (AvgIpc) is 2.46. The average molecular weight is 353 g/mol. The summed E-state index contributed by atoms with van der Waals surface area (Å²) in [5.41, 5.74) is 1.26. The number of aryl methyl sites for hydroxylation is 1. The van der Waals surface area contributed by atoms with Gasteiger partial charge in [0.1, 0.15) is 23.3 Å². The fraction of sp³-hybridized carbons (Fsp3) is 0.333. The number of rotatable bonds is 5. The zero-order valence-electron chi connectivity index (χ0n) is 12.3. The molecule has 6 heteroatoms. The molecule has 0 radical (unpaired) electrons. The molecule has 2 aromatic rings. The molecule has 4 nitrogen and oxygen atoms in total. The Balaban J connectivity index is 2.40. The molecule has 0 saturated heterocycles. The van der Waals surface area contributed by atoms with Gasteiger partial charge in [-0.1, -0.05) is 22.9 Å². The molecule has 0 aliphatic rings. The van der Waals surface area contributed by atoms with E-state index in [0.29, 0.717) is 16.0 Å². The molecule has 1 heterocycles. The van der Waals surface area contributed by atoms with Crippen molar-refractivity contribution in [1.82, 2.24) is 9.97 Å². The van der Waals surface area contributed by atoms with Gasteiger partial charge in [-0.25, -0.2) is 14.4 Å². The van der Waals surface area contributed by atoms with Gasteiger partial charge in [-0.3, -0.25) is 0 Å². The Morgan fingerprint density at radius 3 is 2.52 bits per heavy atom. The van der Waals surface area contributed by atoms with Gasteiger partial charge in [-0.05, 0) is 32.0 Å². The van der Waals surface area contributed by atoms with E-state index in [2.05, 4.69) is 36.5 Å². The van der Waals surface area contributed by atoms with Crippen LogP contribution >= 0.6 is 15.9 Å². The third kappa shape index (κ3) is 3.69. The summed E-state index contributed by atoms with van der Waals surface area (Å²) in [5, 5.41) is 6.26. The molecule has 1 aromatic heterocycles. The summed E-state index contributed by atoms with van der Waals surface area (Å²) in [5.74, 6) is 1.80. The van der Waals surface area contributed by atoms with Crippen LogP contribution < -0.4 is 10.6 Å². The van der Waals surface area contributed by atoms with Crippen molar-refractivity contribution in [3.63, 3.8) is 0 Å². The zero-order chi connectivity index (χ0) is 15.4. The van der Waals surface area contributed by atoms with E-state index in [-0.39, 0.29) is 5.82 Å². The Bertz CT molecular complexity index is 646. The fourth-order valence-electron chi connectivity index (χ4n) is 1.90. The van der Waals surface area contributed by atoms with Crippen LogP contribution in [-0.4, -0.2) is 16.5 Å². The maximum atomic E-state index is 13.9. The van der Waals surface area contributed by atoms with Crippen LogP contribution in [0.5, 0.6) is 0 Å². The molecule has 0 fully saturated rings. The molecule has 112 valence electrons. The lowest BCUT2D eigenvalue weighted by atomic mass is 10.2. The number of hydrogen-bond donors (Lipinski definition) is 2. The number of hydrogen-bond acceptors (Lipinski definition) is 4. The molecule has 2 N–H and O–H groups in total. The van der Waals surface area contributed by atoms with Crippen LogP contribution in [0.1, 0.15) is 25.2 Å². The first-order chi connectivity index (χ1) is 10.0. The van der Waals surface area contributed by atoms with E-state index in [4.69, 9.17) is 0 Å². The van der Waals surface area contributed by atoms with Crippen molar-refractivity contribution in [2.45, 2.75) is 27.2 Å². The quantitative estimate of drug-likeness (QED) is 0.835. The second kappa shape index (κ2) is 6.85. The predicted molar refractivity (Wildman–Crippen MR) is 87.7 cm³/mol. The molecule has 0 unspecified atom stereocenters. The number of nitrogens with zero attached hydrogens (tertiary/aromatic N) is 2. The van der Waals surface area contributed by atoms with E-state index in [1.54, 1.807) is 12.1 Å². The minimum atomic E-state index is -0.328. The van der Waals surface area contributed by atoms with Gasteiger partial charge in [-0.15, -0.1) is 0 Å². The monoisotopic (exact) mass is 352 g/mol. The third-order valence-corrected chi connectivity index (χ3v) is 3.53. The lowest BCUT2D eigenvalue weighted by molar-refractivity contribution is 0.631. The molecule has 0 bridgehead atoms. The van der Waals surface area contributed by atoms with E-state index in [0.717, 1.165) is 30.2 Å². The Labute approximate surface area is 132 Å². The molecule has 2 rings (SSSR count). The van der Waals surface area contributed by atoms with Crippen LogP contribution in [0.15, 0.2) is 22.7 Å². The van der Waals surface area contributed by atoms with Gasteiger partial charge in [-0.2, -0.15) is 0 Å². The summed E-state index contributed by atoms with van der Waals surface area (Å²) >= 11 is 3.25. The van der Waals surface area contributed by atoms with Crippen molar-refractivity contribution >= 4 is 33.3 Å². The van der Waals surface area contributed by atoms with Gasteiger partial charge < -0.3 is 10.6 Å². The maximum absolute atomic E-state index is 13.9. The summed E-state index contributed by atoms with van der Waals surface area (Å²) in [4.78, 5) is 8.91. The van der Waals surface area contributed by atoms with Crippen molar-refractivity contribution in [3.05, 3.63) is 39.9 Å². The molecule has 0 amide bonds. The summed E-state index contributed by atoms with van der Waals surface area (Å²) in [6, 6.07) is 4.89. The molecule has 0 atom stereocenters. The standard InChI is InChI=1S/C15H18BrFN4/c1-4-13-20-14(18-5-2)9(3)15(21-13)19-12-7-6-10(16)8-11(12)17/h6-8H,4-5H2,1-3H3,(H2,18,19,20,21). The minimum Gasteiger partial charge on any atom is -0.370 e. The number of aromatic nitrogens is 2. The largest absolute Gasteiger partial charge is 0.370 e. The van der Waals surface area contributed by atoms with Crippen LogP contribution in [0.25, 0.3) is 0 Å². The third-order valence-electron chi connectivity index (χ3n) is 3.04. The van der Waals surface area contributed by atoms with Crippen LogP contribution in [0.3, 0.4) is 0 Å². The van der Waals surface area contributed by atoms with E-state index in [9.17, 15) is 4.39 Å². The Morgan fingerprint density at radius 1 is 1.19 bits per heavy atom. The summed E-state index contributed by atoms with van der Waals surface area (Å²) in [6.45, 7) is 6.68. The Morgan fingerprint density at radius 2 is 1.90 bits per heavy atom. The van der Waals surface area contributed by atoms with Crippen LogP contribution in [-0.2, 0) is 6.42 Å². The predicted octanol–water partition coefficient (Wildman–Crippen LogP) is 4.42. The molecule has 21 heavy (non-hydrogen) atoms. The number of nitrogens with one attached hydrogen (secondary N) is 2. The number of halogens is 2. The highest BCUT2D eigenvalue weighted by molar-refractivity contribution is 9.10. The highest BCUT2D eigenvalue weighted by atomic mass is 79.9. The smallest absolute Gasteiger partial charge is 0.147 e. The highest BCUT2D eigenvalue weighted by Gasteiger charge is 2.12. The zero-order valence-corrected chi connectivity index (χ0v) is 13.9. The first kappa shape index (κ1) is 15.7. The normalized spacial score (nSPS) is 10.5. The second-order valence-electron chi connectivity index (χ2n) is 4.60.